The van der Waals surface area contributed by atoms with Crippen LogP contribution in [0.25, 0.3) is 0 Å². The molecule has 3 nitrogen and oxygen atoms in total. The molecule has 0 aliphatic heterocycles. The van der Waals surface area contributed by atoms with E-state index >= 15 is 0 Å². The van der Waals surface area contributed by atoms with Gasteiger partial charge in [0, 0.05) is 6.54 Å². The Kier molecular flexibility index (Phi) is 3.25. The number of amides is 1. The molecule has 3 heteroatoms. The normalized spacial score (nSPS) is 12.5. The lowest BCUT2D eigenvalue weighted by molar-refractivity contribution is -0.119. The average Bonchev–Trinajstić information content (AvgIpc) is 2.09. The van der Waals surface area contributed by atoms with Crippen LogP contribution in [0.2, 0.25) is 0 Å². The van der Waals surface area contributed by atoms with E-state index < -0.39 is 0 Å². The van der Waals surface area contributed by atoms with Crippen LogP contribution in [0.15, 0.2) is 18.2 Å². The Balaban J connectivity index is 3.10. The first kappa shape index (κ1) is 10.7. The number of aryl methyl sites for hydroxylation is 2. The van der Waals surface area contributed by atoms with Crippen molar-refractivity contribution in [2.75, 3.05) is 6.54 Å². The number of hydrogen-bond acceptors (Lipinski definition) is 2. The van der Waals surface area contributed by atoms with E-state index in [-0.39, 0.29) is 18.4 Å². The van der Waals surface area contributed by atoms with E-state index in [1.54, 1.807) is 0 Å². The Labute approximate surface area is 84.1 Å². The van der Waals surface area contributed by atoms with Gasteiger partial charge in [0.05, 0.1) is 5.92 Å². The van der Waals surface area contributed by atoms with Crippen molar-refractivity contribution in [2.45, 2.75) is 19.8 Å². The highest BCUT2D eigenvalue weighted by atomic mass is 16.1. The van der Waals surface area contributed by atoms with Crippen LogP contribution in [0.4, 0.5) is 0 Å². The van der Waals surface area contributed by atoms with Crippen molar-refractivity contribution >= 4 is 5.91 Å². The molecular weight excluding hydrogens is 176 g/mol. The second kappa shape index (κ2) is 4.24. The molecule has 0 radical (unpaired) electrons. The summed E-state index contributed by atoms with van der Waals surface area (Å²) in [7, 11) is 0. The SMILES string of the molecule is Cc1ccc(C(CN)C(N)=O)c(C)c1. The van der Waals surface area contributed by atoms with Crippen LogP contribution in [0.3, 0.4) is 0 Å². The number of benzene rings is 1. The third kappa shape index (κ3) is 2.12. The van der Waals surface area contributed by atoms with E-state index in [1.807, 2.05) is 32.0 Å². The standard InChI is InChI=1S/C11H16N2O/c1-7-3-4-9(8(2)5-7)10(6-12)11(13)14/h3-5,10H,6,12H2,1-2H3,(H2,13,14). The van der Waals surface area contributed by atoms with Crippen molar-refractivity contribution < 1.29 is 4.79 Å². The van der Waals surface area contributed by atoms with Crippen molar-refractivity contribution in [3.63, 3.8) is 0 Å². The fourth-order valence-electron chi connectivity index (χ4n) is 1.61. The van der Waals surface area contributed by atoms with E-state index in [9.17, 15) is 4.79 Å². The van der Waals surface area contributed by atoms with Crippen molar-refractivity contribution in [2.24, 2.45) is 11.5 Å². The maximum absolute atomic E-state index is 11.1. The minimum atomic E-state index is -0.365. The van der Waals surface area contributed by atoms with Gasteiger partial charge in [-0.2, -0.15) is 0 Å². The van der Waals surface area contributed by atoms with Crippen LogP contribution in [-0.2, 0) is 4.79 Å². The molecule has 0 bridgehead atoms. The zero-order chi connectivity index (χ0) is 10.7. The summed E-state index contributed by atoms with van der Waals surface area (Å²) in [4.78, 5) is 11.1. The van der Waals surface area contributed by atoms with Gasteiger partial charge in [-0.3, -0.25) is 4.79 Å². The fourth-order valence-corrected chi connectivity index (χ4v) is 1.61. The van der Waals surface area contributed by atoms with Crippen LogP contribution in [0, 0.1) is 13.8 Å². The molecule has 0 aliphatic carbocycles. The minimum Gasteiger partial charge on any atom is -0.369 e. The first-order chi connectivity index (χ1) is 6.56. The predicted molar refractivity (Wildman–Crippen MR) is 56.9 cm³/mol. The van der Waals surface area contributed by atoms with Crippen LogP contribution >= 0.6 is 0 Å². The molecule has 1 rings (SSSR count). The van der Waals surface area contributed by atoms with E-state index in [1.165, 1.54) is 5.56 Å². The van der Waals surface area contributed by atoms with Gasteiger partial charge in [0.2, 0.25) is 5.91 Å². The highest BCUT2D eigenvalue weighted by molar-refractivity contribution is 5.82. The van der Waals surface area contributed by atoms with Gasteiger partial charge in [-0.05, 0) is 25.0 Å². The zero-order valence-corrected chi connectivity index (χ0v) is 8.58. The smallest absolute Gasteiger partial charge is 0.226 e. The number of nitrogens with two attached hydrogens (primary N) is 2. The number of carbonyl (C=O) groups excluding carboxylic acids is 1. The van der Waals surface area contributed by atoms with Gasteiger partial charge in [-0.25, -0.2) is 0 Å². The minimum absolute atomic E-state index is 0.263. The molecule has 0 aliphatic rings. The molecule has 1 aromatic rings. The van der Waals surface area contributed by atoms with Gasteiger partial charge < -0.3 is 11.5 Å². The monoisotopic (exact) mass is 192 g/mol. The summed E-state index contributed by atoms with van der Waals surface area (Å²) >= 11 is 0. The fraction of sp³-hybridized carbons (Fsp3) is 0.364. The summed E-state index contributed by atoms with van der Waals surface area (Å²) in [5.74, 6) is -0.727. The first-order valence-electron chi connectivity index (χ1n) is 4.62. The van der Waals surface area contributed by atoms with Gasteiger partial charge in [-0.1, -0.05) is 23.8 Å². The summed E-state index contributed by atoms with van der Waals surface area (Å²) < 4.78 is 0. The topological polar surface area (TPSA) is 69.1 Å². The number of hydrogen-bond donors (Lipinski definition) is 2. The van der Waals surface area contributed by atoms with Crippen molar-refractivity contribution in [1.82, 2.24) is 0 Å². The summed E-state index contributed by atoms with van der Waals surface area (Å²) in [6, 6.07) is 5.92. The van der Waals surface area contributed by atoms with E-state index in [0.717, 1.165) is 11.1 Å². The van der Waals surface area contributed by atoms with Gasteiger partial charge in [-0.15, -0.1) is 0 Å². The van der Waals surface area contributed by atoms with Crippen molar-refractivity contribution in [1.29, 1.82) is 0 Å². The molecule has 1 atom stereocenters. The van der Waals surface area contributed by atoms with Gasteiger partial charge in [0.15, 0.2) is 0 Å². The highest BCUT2D eigenvalue weighted by Gasteiger charge is 2.17. The molecule has 1 amide bonds. The van der Waals surface area contributed by atoms with Crippen LogP contribution in [-0.4, -0.2) is 12.5 Å². The maximum atomic E-state index is 11.1. The summed E-state index contributed by atoms with van der Waals surface area (Å²) in [5.41, 5.74) is 14.0. The Morgan fingerprint density at radius 1 is 1.43 bits per heavy atom. The van der Waals surface area contributed by atoms with Crippen LogP contribution in [0.1, 0.15) is 22.6 Å². The number of primary amides is 1. The molecule has 0 saturated heterocycles. The lowest BCUT2D eigenvalue weighted by Gasteiger charge is -2.14. The Morgan fingerprint density at radius 2 is 2.07 bits per heavy atom. The summed E-state index contributed by atoms with van der Waals surface area (Å²) in [5, 5.41) is 0. The first-order valence-corrected chi connectivity index (χ1v) is 4.62. The molecule has 0 heterocycles. The van der Waals surface area contributed by atoms with E-state index in [0.29, 0.717) is 0 Å². The average molecular weight is 192 g/mol. The molecule has 0 saturated carbocycles. The molecular formula is C11H16N2O. The summed E-state index contributed by atoms with van der Waals surface area (Å²) in [6.45, 7) is 4.24. The Morgan fingerprint density at radius 3 is 2.50 bits per heavy atom. The van der Waals surface area contributed by atoms with Crippen LogP contribution < -0.4 is 11.5 Å². The molecule has 0 fully saturated rings. The van der Waals surface area contributed by atoms with Crippen molar-refractivity contribution in [3.8, 4) is 0 Å². The molecule has 14 heavy (non-hydrogen) atoms. The van der Waals surface area contributed by atoms with Gasteiger partial charge in [0.25, 0.3) is 0 Å². The largest absolute Gasteiger partial charge is 0.369 e. The molecule has 0 spiro atoms. The zero-order valence-electron chi connectivity index (χ0n) is 8.58. The van der Waals surface area contributed by atoms with Gasteiger partial charge >= 0.3 is 0 Å². The Bertz CT molecular complexity index is 347. The second-order valence-corrected chi connectivity index (χ2v) is 3.55. The van der Waals surface area contributed by atoms with E-state index in [2.05, 4.69) is 0 Å². The van der Waals surface area contributed by atoms with Gasteiger partial charge in [0.1, 0.15) is 0 Å². The third-order valence-electron chi connectivity index (χ3n) is 2.38. The maximum Gasteiger partial charge on any atom is 0.226 e. The van der Waals surface area contributed by atoms with Crippen molar-refractivity contribution in [3.05, 3.63) is 34.9 Å². The highest BCUT2D eigenvalue weighted by Crippen LogP contribution is 2.19. The Hall–Kier alpha value is -1.35. The van der Waals surface area contributed by atoms with Crippen LogP contribution in [0.5, 0.6) is 0 Å². The number of carbonyl (C=O) groups is 1. The quantitative estimate of drug-likeness (QED) is 0.744. The molecule has 1 aromatic carbocycles. The lowest BCUT2D eigenvalue weighted by Crippen LogP contribution is -2.28. The predicted octanol–water partition coefficient (Wildman–Crippen LogP) is 0.831. The number of rotatable bonds is 3. The molecule has 4 N–H and O–H groups in total. The van der Waals surface area contributed by atoms with E-state index in [4.69, 9.17) is 11.5 Å². The molecule has 76 valence electrons. The summed E-state index contributed by atoms with van der Waals surface area (Å²) in [6.07, 6.45) is 0. The third-order valence-corrected chi connectivity index (χ3v) is 2.38. The molecule has 1 unspecified atom stereocenters. The lowest BCUT2D eigenvalue weighted by atomic mass is 9.93. The second-order valence-electron chi connectivity index (χ2n) is 3.55. The molecule has 0 aromatic heterocycles.